The predicted octanol–water partition coefficient (Wildman–Crippen LogP) is 1.74. The van der Waals surface area contributed by atoms with Crippen molar-refractivity contribution in [3.05, 3.63) is 23.0 Å². The summed E-state index contributed by atoms with van der Waals surface area (Å²) in [5.41, 5.74) is 7.37. The van der Waals surface area contributed by atoms with Gasteiger partial charge in [-0.15, -0.1) is 0 Å². The summed E-state index contributed by atoms with van der Waals surface area (Å²) in [6.07, 6.45) is 4.16. The fourth-order valence-corrected chi connectivity index (χ4v) is 1.75. The Morgan fingerprint density at radius 3 is 3.08 bits per heavy atom. The number of hydrogen-bond donors (Lipinski definition) is 2. The van der Waals surface area contributed by atoms with Gasteiger partial charge in [0.05, 0.1) is 5.69 Å². The summed E-state index contributed by atoms with van der Waals surface area (Å²) in [5.74, 6) is 0. The molecule has 0 aliphatic carbocycles. The molecule has 3 N–H and O–H groups in total. The number of hydrogen-bond acceptors (Lipinski definition) is 3. The molecule has 2 heterocycles. The van der Waals surface area contributed by atoms with Crippen molar-refractivity contribution < 1.29 is 0 Å². The molecule has 0 aromatic carbocycles. The molecule has 1 aromatic rings. The van der Waals surface area contributed by atoms with Gasteiger partial charge in [-0.2, -0.15) is 0 Å². The molecular weight excluding hydrogens is 186 g/mol. The number of nitrogens with two attached hydrogens (primary N) is 1. The molecule has 0 radical (unpaired) electrons. The summed E-state index contributed by atoms with van der Waals surface area (Å²) in [5, 5.41) is 3.77. The second kappa shape index (κ2) is 3.52. The maximum absolute atomic E-state index is 5.73. The Labute approximate surface area is 82.3 Å². The van der Waals surface area contributed by atoms with Crippen molar-refractivity contribution in [2.24, 2.45) is 0 Å². The normalized spacial score (nSPS) is 22.1. The third-order valence-corrected chi connectivity index (χ3v) is 2.67. The van der Waals surface area contributed by atoms with Gasteiger partial charge in [-0.1, -0.05) is 11.6 Å². The van der Waals surface area contributed by atoms with E-state index in [0.29, 0.717) is 16.9 Å². The van der Waals surface area contributed by atoms with Crippen molar-refractivity contribution in [1.82, 2.24) is 10.3 Å². The second-order valence-electron chi connectivity index (χ2n) is 3.30. The minimum Gasteiger partial charge on any atom is -0.396 e. The van der Waals surface area contributed by atoms with E-state index in [0.717, 1.165) is 18.5 Å². The Morgan fingerprint density at radius 2 is 2.46 bits per heavy atom. The van der Waals surface area contributed by atoms with Gasteiger partial charge in [0.2, 0.25) is 0 Å². The van der Waals surface area contributed by atoms with Crippen molar-refractivity contribution in [1.29, 1.82) is 0 Å². The number of nitrogen functional groups attached to an aromatic ring is 1. The van der Waals surface area contributed by atoms with Gasteiger partial charge in [0, 0.05) is 12.2 Å². The number of nitrogens with one attached hydrogen (secondary N) is 1. The number of anilines is 1. The highest BCUT2D eigenvalue weighted by Gasteiger charge is 2.16. The van der Waals surface area contributed by atoms with E-state index in [-0.39, 0.29) is 0 Å². The van der Waals surface area contributed by atoms with Crippen LogP contribution in [0, 0.1) is 0 Å². The summed E-state index contributed by atoms with van der Waals surface area (Å²) in [4.78, 5) is 4.02. The van der Waals surface area contributed by atoms with Crippen LogP contribution in [0.5, 0.6) is 0 Å². The van der Waals surface area contributed by atoms with Gasteiger partial charge in [-0.05, 0) is 31.0 Å². The van der Waals surface area contributed by atoms with Gasteiger partial charge in [-0.25, -0.2) is 4.98 Å². The first-order chi connectivity index (χ1) is 6.27. The molecule has 3 nitrogen and oxygen atoms in total. The maximum atomic E-state index is 5.73. The van der Waals surface area contributed by atoms with Gasteiger partial charge in [-0.3, -0.25) is 0 Å². The molecule has 70 valence electrons. The fraction of sp³-hybridized carbons (Fsp3) is 0.444. The zero-order valence-corrected chi connectivity index (χ0v) is 8.01. The van der Waals surface area contributed by atoms with Crippen LogP contribution in [0.1, 0.15) is 24.4 Å². The predicted molar refractivity (Wildman–Crippen MR) is 53.6 cm³/mol. The minimum atomic E-state index is 0.391. The lowest BCUT2D eigenvalue weighted by Crippen LogP contribution is -2.13. The molecule has 0 bridgehead atoms. The lowest BCUT2D eigenvalue weighted by atomic mass is 10.1. The lowest BCUT2D eigenvalue weighted by Gasteiger charge is -2.10. The maximum Gasteiger partial charge on any atom is 0.151 e. The van der Waals surface area contributed by atoms with Crippen LogP contribution >= 0.6 is 11.6 Å². The number of pyridine rings is 1. The Balaban J connectivity index is 2.25. The van der Waals surface area contributed by atoms with Crippen molar-refractivity contribution in [2.75, 3.05) is 12.3 Å². The van der Waals surface area contributed by atoms with E-state index in [1.807, 2.05) is 6.07 Å². The third kappa shape index (κ3) is 1.76. The molecule has 1 aliphatic heterocycles. The Hall–Kier alpha value is -0.800. The molecule has 1 saturated heterocycles. The molecule has 13 heavy (non-hydrogen) atoms. The Bertz CT molecular complexity index is 308. The van der Waals surface area contributed by atoms with E-state index in [1.54, 1.807) is 6.20 Å². The Morgan fingerprint density at radius 1 is 1.62 bits per heavy atom. The minimum absolute atomic E-state index is 0.391. The van der Waals surface area contributed by atoms with E-state index >= 15 is 0 Å². The molecule has 4 heteroatoms. The van der Waals surface area contributed by atoms with Gasteiger partial charge in [0.25, 0.3) is 0 Å². The summed E-state index contributed by atoms with van der Waals surface area (Å²) in [6, 6.07) is 2.31. The van der Waals surface area contributed by atoms with Crippen LogP contribution in [0.15, 0.2) is 12.3 Å². The largest absolute Gasteiger partial charge is 0.396 e. The first kappa shape index (κ1) is 8.78. The molecule has 1 atom stereocenters. The summed E-state index contributed by atoms with van der Waals surface area (Å²) < 4.78 is 0. The summed E-state index contributed by atoms with van der Waals surface area (Å²) in [7, 11) is 0. The number of rotatable bonds is 1. The summed E-state index contributed by atoms with van der Waals surface area (Å²) in [6.45, 7) is 1.08. The number of halogens is 1. The fourth-order valence-electron chi connectivity index (χ4n) is 1.64. The first-order valence-electron chi connectivity index (χ1n) is 4.41. The van der Waals surface area contributed by atoms with Crippen LogP contribution in [0.2, 0.25) is 5.15 Å². The second-order valence-corrected chi connectivity index (χ2v) is 3.66. The summed E-state index contributed by atoms with van der Waals surface area (Å²) >= 11 is 5.73. The van der Waals surface area contributed by atoms with Crippen LogP contribution in [0.25, 0.3) is 0 Å². The van der Waals surface area contributed by atoms with Crippen molar-refractivity contribution in [3.8, 4) is 0 Å². The molecular formula is C9H12ClN3. The van der Waals surface area contributed by atoms with Crippen molar-refractivity contribution in [2.45, 2.75) is 18.9 Å². The van der Waals surface area contributed by atoms with Crippen molar-refractivity contribution >= 4 is 17.3 Å². The van der Waals surface area contributed by atoms with Crippen LogP contribution < -0.4 is 11.1 Å². The van der Waals surface area contributed by atoms with Gasteiger partial charge in [0.1, 0.15) is 0 Å². The molecule has 2 rings (SSSR count). The van der Waals surface area contributed by atoms with Gasteiger partial charge < -0.3 is 11.1 Å². The number of nitrogens with zero attached hydrogens (tertiary/aromatic N) is 1. The first-order valence-corrected chi connectivity index (χ1v) is 4.79. The molecule has 0 spiro atoms. The third-order valence-electron chi connectivity index (χ3n) is 2.35. The molecule has 0 saturated carbocycles. The molecule has 1 aliphatic rings. The standard InChI is InChI=1S/C9H12ClN3/c10-9-7(11)4-6(5-13-9)8-2-1-3-12-8/h4-5,8,12H,1-3,11H2/t8-/m0/s1. The zero-order chi connectivity index (χ0) is 9.26. The lowest BCUT2D eigenvalue weighted by molar-refractivity contribution is 0.645. The van der Waals surface area contributed by atoms with Crippen LogP contribution in [0.4, 0.5) is 5.69 Å². The van der Waals surface area contributed by atoms with Gasteiger partial charge >= 0.3 is 0 Å². The monoisotopic (exact) mass is 197 g/mol. The van der Waals surface area contributed by atoms with E-state index in [2.05, 4.69) is 10.3 Å². The highest BCUT2D eigenvalue weighted by atomic mass is 35.5. The molecule has 0 unspecified atom stereocenters. The van der Waals surface area contributed by atoms with E-state index < -0.39 is 0 Å². The van der Waals surface area contributed by atoms with E-state index in [9.17, 15) is 0 Å². The van der Waals surface area contributed by atoms with Crippen LogP contribution in [-0.4, -0.2) is 11.5 Å². The van der Waals surface area contributed by atoms with E-state index in [4.69, 9.17) is 17.3 Å². The Kier molecular flexibility index (Phi) is 2.38. The number of aromatic nitrogens is 1. The zero-order valence-electron chi connectivity index (χ0n) is 7.26. The highest BCUT2D eigenvalue weighted by molar-refractivity contribution is 6.31. The smallest absolute Gasteiger partial charge is 0.151 e. The molecule has 0 amide bonds. The van der Waals surface area contributed by atoms with Crippen molar-refractivity contribution in [3.63, 3.8) is 0 Å². The quantitative estimate of drug-likeness (QED) is 0.675. The SMILES string of the molecule is Nc1cc([C@@H]2CCCN2)cnc1Cl. The molecule has 1 fully saturated rings. The van der Waals surface area contributed by atoms with Gasteiger partial charge in [0.15, 0.2) is 5.15 Å². The average molecular weight is 198 g/mol. The van der Waals surface area contributed by atoms with Crippen LogP contribution in [-0.2, 0) is 0 Å². The topological polar surface area (TPSA) is 50.9 Å². The molecule has 1 aromatic heterocycles. The average Bonchev–Trinajstić information content (AvgIpc) is 2.62. The van der Waals surface area contributed by atoms with E-state index in [1.165, 1.54) is 6.42 Å². The highest BCUT2D eigenvalue weighted by Crippen LogP contribution is 2.25. The van der Waals surface area contributed by atoms with Crippen LogP contribution in [0.3, 0.4) is 0 Å².